The zero-order valence-corrected chi connectivity index (χ0v) is 81.7. The molecule has 0 amide bonds. The molecule has 19 heteroatoms. The molecule has 0 bridgehead atoms. The van der Waals surface area contributed by atoms with Crippen LogP contribution in [0.2, 0.25) is 0 Å². The third-order valence-corrected chi connectivity index (χ3v) is 31.7. The van der Waals surface area contributed by atoms with Crippen molar-refractivity contribution >= 4 is 198 Å². The van der Waals surface area contributed by atoms with Crippen molar-refractivity contribution in [2.24, 2.45) is 0 Å². The van der Waals surface area contributed by atoms with Crippen molar-refractivity contribution in [3.8, 4) is 10.4 Å². The molecule has 2 saturated heterocycles. The molecular formula is C94H141B2Br2N4O4PS6. The summed E-state index contributed by atoms with van der Waals surface area (Å²) in [5.74, 6) is 0. The number of nitrogens with zero attached hydrogens (tertiary/aromatic N) is 4. The number of hydrogen-bond donors (Lipinski definition) is 0. The van der Waals surface area contributed by atoms with Gasteiger partial charge >= 0.3 is 14.2 Å². The van der Waals surface area contributed by atoms with Crippen molar-refractivity contribution in [2.45, 2.75) is 402 Å². The van der Waals surface area contributed by atoms with Crippen LogP contribution in [0.5, 0.6) is 0 Å². The van der Waals surface area contributed by atoms with Crippen LogP contribution < -0.4 is 10.9 Å². The molecular weight excluding hydrogens is 1650 g/mol. The first-order valence-electron chi connectivity index (χ1n) is 44.6. The van der Waals surface area contributed by atoms with Crippen LogP contribution in [-0.2, 0) is 44.3 Å². The molecule has 113 heavy (non-hydrogen) atoms. The second-order valence-corrected chi connectivity index (χ2v) is 43.2. The lowest BCUT2D eigenvalue weighted by atomic mass is 9.72. The summed E-state index contributed by atoms with van der Waals surface area (Å²) in [6, 6.07) is 18.4. The van der Waals surface area contributed by atoms with E-state index in [9.17, 15) is 0 Å². The highest BCUT2D eigenvalue weighted by atomic mass is 79.9. The standard InChI is InChI=1S/C42H60N2S3.C34H52Br2S2.C18H26B2N2O4S.H3P/c1-5-7-9-11-13-15-17-19-21-23-25-33-36-29-32(4)45-41(36)34(26-24-22-20-18-16-14-12-10-8-6-2)37-30-38(46-42(33)37)35-28-27-31(3)39-40(35)44-47-43-39;1-3-5-7-9-11-13-15-17-19-21-23-27-29-25-31(35)38-34(29)28(30-26-32(36)37-33(27)30)24-22-20-18-16-14-12-10-8-6-4-2;1-15(2)16(3,4)24-19(23-15)11-9-10-12(14-13(11)21-27-22-14)20-25-17(5,6)18(7,8)26-20;/h27-30H,5-26H2,1-4H3;25-26H,3-24H2,1-2H3;9-10H,1-8H3;1H3. The van der Waals surface area contributed by atoms with E-state index in [-0.39, 0.29) is 9.90 Å². The Balaban J connectivity index is 0.000000200. The van der Waals surface area contributed by atoms with Crippen LogP contribution in [0.15, 0.2) is 56.1 Å². The van der Waals surface area contributed by atoms with Crippen LogP contribution in [0.1, 0.15) is 373 Å². The minimum absolute atomic E-state index is 0. The molecule has 0 aliphatic carbocycles. The van der Waals surface area contributed by atoms with Gasteiger partial charge in [0.2, 0.25) is 0 Å². The predicted molar refractivity (Wildman–Crippen MR) is 518 cm³/mol. The molecule has 0 N–H and O–H groups in total. The summed E-state index contributed by atoms with van der Waals surface area (Å²) < 4.78 is 52.1. The van der Waals surface area contributed by atoms with E-state index in [4.69, 9.17) is 23.0 Å². The van der Waals surface area contributed by atoms with Gasteiger partial charge in [-0.15, -0.1) is 45.3 Å². The van der Waals surface area contributed by atoms with E-state index in [0.717, 1.165) is 33.0 Å². The Hall–Kier alpha value is -2.28. The second kappa shape index (κ2) is 47.2. The van der Waals surface area contributed by atoms with Gasteiger partial charge in [0.05, 0.1) is 53.4 Å². The highest BCUT2D eigenvalue weighted by Crippen LogP contribution is 2.49. The van der Waals surface area contributed by atoms with Crippen molar-refractivity contribution in [2.75, 3.05) is 0 Å². The smallest absolute Gasteiger partial charge is 0.399 e. The quantitative estimate of drug-likeness (QED) is 0.0212. The highest BCUT2D eigenvalue weighted by Gasteiger charge is 2.55. The predicted octanol–water partition coefficient (Wildman–Crippen LogP) is 32.2. The molecule has 6 aromatic heterocycles. The lowest BCUT2D eigenvalue weighted by molar-refractivity contribution is 0.00578. The van der Waals surface area contributed by atoms with Crippen LogP contribution in [0.25, 0.3) is 72.9 Å². The van der Waals surface area contributed by atoms with Gasteiger partial charge in [-0.05, 0) is 226 Å². The number of halogens is 2. The molecule has 8 nitrogen and oxygen atoms in total. The molecule has 2 fully saturated rings. The molecule has 2 aliphatic heterocycles. The zero-order chi connectivity index (χ0) is 79.7. The van der Waals surface area contributed by atoms with E-state index in [1.807, 2.05) is 113 Å². The van der Waals surface area contributed by atoms with Crippen molar-refractivity contribution in [3.05, 3.63) is 88.8 Å². The molecule has 0 radical (unpaired) electrons. The van der Waals surface area contributed by atoms with E-state index in [1.54, 1.807) is 46.4 Å². The first kappa shape index (κ1) is 94.6. The zero-order valence-electron chi connectivity index (χ0n) is 72.2. The van der Waals surface area contributed by atoms with Crippen molar-refractivity contribution in [1.82, 2.24) is 17.5 Å². The number of benzene rings is 4. The largest absolute Gasteiger partial charge is 0.497 e. The van der Waals surface area contributed by atoms with Gasteiger partial charge in [-0.25, -0.2) is 0 Å². The van der Waals surface area contributed by atoms with Crippen LogP contribution in [0.3, 0.4) is 0 Å². The monoisotopic (exact) mass is 1790 g/mol. The highest BCUT2D eigenvalue weighted by molar-refractivity contribution is 9.11. The number of rotatable bonds is 47. The Bertz CT molecular complexity index is 4180. The Kier molecular flexibility index (Phi) is 39.5. The summed E-state index contributed by atoms with van der Waals surface area (Å²) in [5, 5.41) is 6.13. The van der Waals surface area contributed by atoms with Crippen molar-refractivity contribution in [3.63, 3.8) is 0 Å². The van der Waals surface area contributed by atoms with E-state index >= 15 is 0 Å². The Labute approximate surface area is 728 Å². The number of aryl methyl sites for hydroxylation is 6. The van der Waals surface area contributed by atoms with Crippen LogP contribution in [-0.4, -0.2) is 54.1 Å². The summed E-state index contributed by atoms with van der Waals surface area (Å²) in [7, 11) is -0.956. The Morgan fingerprint density at radius 2 is 0.593 bits per heavy atom. The number of aromatic nitrogens is 4. The van der Waals surface area contributed by atoms with Crippen LogP contribution >= 0.6 is 111 Å². The van der Waals surface area contributed by atoms with Gasteiger partial charge in [-0.3, -0.25) is 0 Å². The van der Waals surface area contributed by atoms with Gasteiger partial charge in [0, 0.05) is 45.0 Å². The Morgan fingerprint density at radius 1 is 0.319 bits per heavy atom. The minimum atomic E-state index is -0.478. The maximum absolute atomic E-state index is 6.21. The molecule has 12 rings (SSSR count). The van der Waals surface area contributed by atoms with Crippen molar-refractivity contribution in [1.29, 1.82) is 0 Å². The molecule has 0 spiro atoms. The van der Waals surface area contributed by atoms with Crippen LogP contribution in [0, 0.1) is 13.8 Å². The molecule has 0 saturated carbocycles. The minimum Gasteiger partial charge on any atom is -0.399 e. The van der Waals surface area contributed by atoms with Gasteiger partial charge in [0.1, 0.15) is 22.1 Å². The summed E-state index contributed by atoms with van der Waals surface area (Å²) in [6.07, 6.45) is 60.6. The molecule has 10 aromatic rings. The SMILES string of the molecule is CC1(C)OB(c2ccc(B3OC(C)(C)C(C)(C)O3)c3nsnc23)OC1(C)C.CCCCCCCCCCCCc1c2cc(-c3ccc(C)c4nsnc34)sc2c(CCCCCCCCCCCC)c2cc(C)sc12.CCCCCCCCCCCCc1c2cc(Br)sc2c(CCCCCCCCCCCC)c2cc(Br)sc12.P. The summed E-state index contributed by atoms with van der Waals surface area (Å²) in [6.45, 7) is 30.0. The maximum atomic E-state index is 6.21. The molecule has 1 unspecified atom stereocenters. The topological polar surface area (TPSA) is 88.5 Å². The van der Waals surface area contributed by atoms with Gasteiger partial charge in [0.25, 0.3) is 0 Å². The summed E-state index contributed by atoms with van der Waals surface area (Å²) in [5.41, 5.74) is 12.8. The Morgan fingerprint density at radius 3 is 0.929 bits per heavy atom. The third-order valence-electron chi connectivity index (χ3n) is 24.9. The van der Waals surface area contributed by atoms with Gasteiger partial charge in [-0.2, -0.15) is 27.4 Å². The number of fused-ring (bicyclic) bond motifs is 6. The van der Waals surface area contributed by atoms with E-state index in [0.29, 0.717) is 0 Å². The third kappa shape index (κ3) is 25.9. The van der Waals surface area contributed by atoms with Crippen molar-refractivity contribution < 1.29 is 18.6 Å². The van der Waals surface area contributed by atoms with Gasteiger partial charge in [0.15, 0.2) is 0 Å². The first-order valence-corrected chi connectivity index (χ1v) is 50.9. The van der Waals surface area contributed by atoms with Gasteiger partial charge < -0.3 is 18.6 Å². The second-order valence-electron chi connectivity index (χ2n) is 35.0. The molecule has 1 atom stereocenters. The number of hydrogen-bond acceptors (Lipinski definition) is 14. The van der Waals surface area contributed by atoms with E-state index in [2.05, 4.69) is 123 Å². The lowest BCUT2D eigenvalue weighted by Crippen LogP contribution is -2.41. The van der Waals surface area contributed by atoms with Gasteiger partial charge in [-0.1, -0.05) is 283 Å². The molecule has 8 heterocycles. The fourth-order valence-corrected chi connectivity index (χ4v) is 23.7. The molecule has 622 valence electrons. The summed E-state index contributed by atoms with van der Waals surface area (Å²) in [4.78, 5) is 2.82. The lowest BCUT2D eigenvalue weighted by Gasteiger charge is -2.32. The average Bonchev–Trinajstić information content (AvgIpc) is 1.59. The van der Waals surface area contributed by atoms with Crippen LogP contribution in [0.4, 0.5) is 0 Å². The van der Waals surface area contributed by atoms with E-state index < -0.39 is 36.6 Å². The molecule has 2 aliphatic rings. The van der Waals surface area contributed by atoms with E-state index in [1.165, 1.54) is 351 Å². The summed E-state index contributed by atoms with van der Waals surface area (Å²) >= 11 is 18.2. The fraction of sp³-hybridized carbons (Fsp3) is 0.660. The average molecular weight is 1800 g/mol. The normalized spacial score (nSPS) is 15.1. The first-order chi connectivity index (χ1) is 54.1. The fourth-order valence-electron chi connectivity index (χ4n) is 16.6. The number of unbranched alkanes of at least 4 members (excludes halogenated alkanes) is 36. The number of thiophene rings is 4. The maximum Gasteiger partial charge on any atom is 0.497 e. The molecule has 4 aromatic carbocycles.